The number of carbonyl (C=O) groups excluding carboxylic acids is 6. The van der Waals surface area contributed by atoms with Gasteiger partial charge in [-0.1, -0.05) is 0 Å². The number of urea groups is 2. The molecule has 35 heavy (non-hydrogen) atoms. The van der Waals surface area contributed by atoms with E-state index in [9.17, 15) is 28.8 Å². The van der Waals surface area contributed by atoms with Crippen molar-refractivity contribution in [1.29, 1.82) is 0 Å². The Bertz CT molecular complexity index is 1150. The number of rotatable bonds is 3. The van der Waals surface area contributed by atoms with Crippen molar-refractivity contribution in [2.45, 2.75) is 18.8 Å². The van der Waals surface area contributed by atoms with E-state index >= 15 is 0 Å². The Morgan fingerprint density at radius 1 is 0.743 bits per heavy atom. The molecule has 1 aromatic rings. The summed E-state index contributed by atoms with van der Waals surface area (Å²) >= 11 is 0. The average Bonchev–Trinajstić information content (AvgIpc) is 2.86. The molecule has 12 heteroatoms. The highest BCUT2D eigenvalue weighted by molar-refractivity contribution is 6.20. The van der Waals surface area contributed by atoms with Gasteiger partial charge in [0.2, 0.25) is 23.6 Å². The summed E-state index contributed by atoms with van der Waals surface area (Å²) in [6.07, 6.45) is -0.286. The average molecular weight is 486 g/mol. The normalized spacial score (nSPS) is 22.9. The van der Waals surface area contributed by atoms with E-state index < -0.39 is 52.9 Å². The molecule has 2 saturated heterocycles. The number of nitrogens with zero attached hydrogens (tertiary/aromatic N) is 4. The van der Waals surface area contributed by atoms with Gasteiger partial charge in [0, 0.05) is 34.1 Å². The molecule has 186 valence electrons. The third-order valence-corrected chi connectivity index (χ3v) is 7.28. The van der Waals surface area contributed by atoms with E-state index in [0.717, 1.165) is 19.6 Å². The molecule has 0 aromatic heterocycles. The zero-order chi connectivity index (χ0) is 26.0. The van der Waals surface area contributed by atoms with Gasteiger partial charge in [0.25, 0.3) is 0 Å². The van der Waals surface area contributed by atoms with Gasteiger partial charge in [-0.2, -0.15) is 0 Å². The molecule has 0 radical (unpaired) electrons. The molecule has 4 rings (SSSR count). The Balaban J connectivity index is 1.96. The second-order valence-electron chi connectivity index (χ2n) is 9.04. The second-order valence-corrected chi connectivity index (χ2v) is 9.04. The zero-order valence-electron chi connectivity index (χ0n) is 20.3. The molecule has 1 spiro atoms. The quantitative estimate of drug-likeness (QED) is 0.562. The number of hydrogen-bond acceptors (Lipinski definition) is 8. The van der Waals surface area contributed by atoms with E-state index in [1.54, 1.807) is 12.1 Å². The Morgan fingerprint density at radius 2 is 1.20 bits per heavy atom. The Labute approximate surface area is 201 Å². The summed E-state index contributed by atoms with van der Waals surface area (Å²) in [4.78, 5) is 81.7. The van der Waals surface area contributed by atoms with Crippen LogP contribution in [0.5, 0.6) is 11.5 Å². The lowest BCUT2D eigenvalue weighted by Gasteiger charge is -2.48. The van der Waals surface area contributed by atoms with Crippen molar-refractivity contribution < 1.29 is 38.2 Å². The zero-order valence-corrected chi connectivity index (χ0v) is 20.3. The first-order chi connectivity index (χ1) is 16.4. The minimum Gasteiger partial charge on any atom is -0.493 e. The van der Waals surface area contributed by atoms with E-state index in [1.807, 2.05) is 0 Å². The molecule has 1 aromatic carbocycles. The maximum Gasteiger partial charge on any atom is 0.332 e. The van der Waals surface area contributed by atoms with Crippen molar-refractivity contribution >= 4 is 35.7 Å². The first-order valence-corrected chi connectivity index (χ1v) is 10.9. The topological polar surface area (TPSA) is 134 Å². The summed E-state index contributed by atoms with van der Waals surface area (Å²) < 4.78 is 10.8. The van der Waals surface area contributed by atoms with Gasteiger partial charge in [-0.15, -0.1) is 0 Å². The number of barbiturate groups is 2. The number of fused-ring (bicyclic) bond motifs is 1. The van der Waals surface area contributed by atoms with Crippen LogP contribution < -0.4 is 9.47 Å². The van der Waals surface area contributed by atoms with Gasteiger partial charge in [0.1, 0.15) is 11.3 Å². The first kappa shape index (κ1) is 24.2. The molecule has 8 amide bonds. The fourth-order valence-corrected chi connectivity index (χ4v) is 5.35. The van der Waals surface area contributed by atoms with E-state index in [2.05, 4.69) is 0 Å². The van der Waals surface area contributed by atoms with Crippen molar-refractivity contribution in [2.24, 2.45) is 11.3 Å². The molecular weight excluding hydrogens is 460 g/mol. The second kappa shape index (κ2) is 8.07. The van der Waals surface area contributed by atoms with Crippen LogP contribution in [0.15, 0.2) is 12.1 Å². The summed E-state index contributed by atoms with van der Waals surface area (Å²) in [5.41, 5.74) is -0.702. The van der Waals surface area contributed by atoms with Crippen LogP contribution in [0.1, 0.15) is 23.5 Å². The van der Waals surface area contributed by atoms with Crippen LogP contribution in [0.3, 0.4) is 0 Å². The number of benzene rings is 1. The van der Waals surface area contributed by atoms with E-state index in [0.29, 0.717) is 22.6 Å². The van der Waals surface area contributed by atoms with Crippen LogP contribution in [0.2, 0.25) is 0 Å². The number of ether oxygens (including phenoxy) is 2. The van der Waals surface area contributed by atoms with Gasteiger partial charge in [-0.05, 0) is 36.1 Å². The predicted octanol–water partition coefficient (Wildman–Crippen LogP) is 0.437. The van der Waals surface area contributed by atoms with Crippen LogP contribution in [0.4, 0.5) is 9.59 Å². The lowest BCUT2D eigenvalue weighted by Crippen LogP contribution is -2.66. The molecule has 3 aliphatic rings. The van der Waals surface area contributed by atoms with Gasteiger partial charge >= 0.3 is 12.1 Å². The smallest absolute Gasteiger partial charge is 0.332 e. The molecule has 12 nitrogen and oxygen atoms in total. The fraction of sp³-hybridized carbons (Fsp3) is 0.478. The lowest BCUT2D eigenvalue weighted by molar-refractivity contribution is -0.161. The maximum atomic E-state index is 13.5. The summed E-state index contributed by atoms with van der Waals surface area (Å²) in [5.74, 6) is -4.57. The molecule has 0 saturated carbocycles. The third-order valence-electron chi connectivity index (χ3n) is 7.28. The molecule has 1 atom stereocenters. The van der Waals surface area contributed by atoms with Crippen LogP contribution in [0, 0.1) is 11.3 Å². The van der Waals surface area contributed by atoms with Gasteiger partial charge in [-0.3, -0.25) is 38.8 Å². The van der Waals surface area contributed by atoms with Gasteiger partial charge < -0.3 is 9.47 Å². The summed E-state index contributed by atoms with van der Waals surface area (Å²) in [6.45, 7) is 0. The van der Waals surface area contributed by atoms with Gasteiger partial charge in [0.15, 0.2) is 11.5 Å². The number of hydrogen-bond donors (Lipinski definition) is 0. The number of carbonyl (C=O) groups is 6. The maximum absolute atomic E-state index is 13.5. The minimum atomic E-state index is -1.73. The Morgan fingerprint density at radius 3 is 1.69 bits per heavy atom. The number of methoxy groups -OCH3 is 2. The molecular formula is C23H26N4O8. The standard InChI is InChI=1S/C23H26N4O8/c1-24-17(28)16(18(29)25(2)21(24)32)13-10-23(19(30)26(3)22(33)27(4)20(23)31)9-11-7-14(34-5)15(35-6)8-12(11)13/h7-8,13,16H,9-10H2,1-6H3/t13-/m0/s1. The molecule has 2 fully saturated rings. The molecule has 0 unspecified atom stereocenters. The minimum absolute atomic E-state index is 0.0709. The SMILES string of the molecule is COc1cc2c(cc1OC)[C@@H](C1C(=O)N(C)C(=O)N(C)C1=O)CC1(C2)C(=O)N(C)C(=O)N(C)C1=O. The number of amides is 8. The molecule has 2 aliphatic heterocycles. The Hall–Kier alpha value is -3.96. The summed E-state index contributed by atoms with van der Waals surface area (Å²) in [7, 11) is 7.97. The van der Waals surface area contributed by atoms with Crippen molar-refractivity contribution in [1.82, 2.24) is 19.6 Å². The highest BCUT2D eigenvalue weighted by Gasteiger charge is 2.61. The van der Waals surface area contributed by atoms with Crippen LogP contribution in [-0.2, 0) is 25.6 Å². The summed E-state index contributed by atoms with van der Waals surface area (Å²) in [5, 5.41) is 0. The van der Waals surface area contributed by atoms with Crippen molar-refractivity contribution in [2.75, 3.05) is 42.4 Å². The monoisotopic (exact) mass is 486 g/mol. The predicted molar refractivity (Wildman–Crippen MR) is 118 cm³/mol. The molecule has 0 bridgehead atoms. The number of imide groups is 4. The highest BCUT2D eigenvalue weighted by atomic mass is 16.5. The van der Waals surface area contributed by atoms with Crippen molar-refractivity contribution in [3.63, 3.8) is 0 Å². The summed E-state index contributed by atoms with van der Waals surface area (Å²) in [6, 6.07) is 1.69. The van der Waals surface area contributed by atoms with E-state index in [1.165, 1.54) is 42.4 Å². The van der Waals surface area contributed by atoms with Crippen molar-refractivity contribution in [3.8, 4) is 11.5 Å². The fourth-order valence-electron chi connectivity index (χ4n) is 5.35. The molecule has 1 aliphatic carbocycles. The molecule has 2 heterocycles. The highest BCUT2D eigenvalue weighted by Crippen LogP contribution is 2.52. The van der Waals surface area contributed by atoms with E-state index in [4.69, 9.17) is 9.47 Å². The van der Waals surface area contributed by atoms with Crippen LogP contribution in [-0.4, -0.2) is 97.7 Å². The lowest BCUT2D eigenvalue weighted by atomic mass is 9.61. The van der Waals surface area contributed by atoms with Crippen LogP contribution >= 0.6 is 0 Å². The molecule has 0 N–H and O–H groups in total. The van der Waals surface area contributed by atoms with Crippen LogP contribution in [0.25, 0.3) is 0 Å². The van der Waals surface area contributed by atoms with Gasteiger partial charge in [0.05, 0.1) is 14.2 Å². The largest absolute Gasteiger partial charge is 0.493 e. The third kappa shape index (κ3) is 3.19. The van der Waals surface area contributed by atoms with Gasteiger partial charge in [-0.25, -0.2) is 9.59 Å². The Kier molecular flexibility index (Phi) is 5.57. The van der Waals surface area contributed by atoms with Crippen molar-refractivity contribution in [3.05, 3.63) is 23.3 Å². The first-order valence-electron chi connectivity index (χ1n) is 10.9. The van der Waals surface area contributed by atoms with E-state index in [-0.39, 0.29) is 12.8 Å².